The highest BCUT2D eigenvalue weighted by molar-refractivity contribution is 5.77. The molecule has 24 heavy (non-hydrogen) atoms. The molecule has 0 saturated carbocycles. The molecule has 0 N–H and O–H groups in total. The summed E-state index contributed by atoms with van der Waals surface area (Å²) in [5.41, 5.74) is 2.06. The van der Waals surface area contributed by atoms with Crippen LogP contribution in [0.5, 0.6) is 23.0 Å². The molecule has 0 aliphatic carbocycles. The van der Waals surface area contributed by atoms with Gasteiger partial charge in [-0.05, 0) is 30.7 Å². The second kappa shape index (κ2) is 6.83. The van der Waals surface area contributed by atoms with Gasteiger partial charge in [0.1, 0.15) is 18.1 Å². The summed E-state index contributed by atoms with van der Waals surface area (Å²) in [5, 5.41) is 0. The number of rotatable bonds is 6. The minimum absolute atomic E-state index is 0.0297. The van der Waals surface area contributed by atoms with Crippen molar-refractivity contribution in [3.63, 3.8) is 0 Å². The monoisotopic (exact) mass is 328 g/mol. The topological polar surface area (TPSA) is 54.0 Å². The van der Waals surface area contributed by atoms with E-state index in [0.29, 0.717) is 17.2 Å². The van der Waals surface area contributed by atoms with Gasteiger partial charge >= 0.3 is 0 Å². The third kappa shape index (κ3) is 3.30. The molecule has 3 rings (SSSR count). The quantitative estimate of drug-likeness (QED) is 0.812. The fourth-order valence-electron chi connectivity index (χ4n) is 2.65. The first-order chi connectivity index (χ1) is 11.6. The van der Waals surface area contributed by atoms with Gasteiger partial charge in [-0.1, -0.05) is 19.1 Å². The maximum Gasteiger partial charge on any atom is 0.231 e. The summed E-state index contributed by atoms with van der Waals surface area (Å²) in [4.78, 5) is 11.3. The average Bonchev–Trinajstić information content (AvgIpc) is 3.05. The molecule has 1 atom stereocenters. The molecule has 2 aromatic carbocycles. The number of Topliss-reactive ketones (excluding diaryl/α,β-unsaturated/α-hetero) is 1. The van der Waals surface area contributed by atoms with E-state index in [4.69, 9.17) is 18.9 Å². The largest absolute Gasteiger partial charge is 0.497 e. The van der Waals surface area contributed by atoms with Gasteiger partial charge in [-0.2, -0.15) is 0 Å². The molecule has 0 bridgehead atoms. The third-order valence-corrected chi connectivity index (χ3v) is 4.02. The first kappa shape index (κ1) is 16.2. The van der Waals surface area contributed by atoms with Crippen LogP contribution in [0.4, 0.5) is 0 Å². The lowest BCUT2D eigenvalue weighted by Crippen LogP contribution is -2.09. The number of carbonyl (C=O) groups is 1. The van der Waals surface area contributed by atoms with Crippen LogP contribution in [0, 0.1) is 0 Å². The summed E-state index contributed by atoms with van der Waals surface area (Å²) < 4.78 is 21.8. The van der Waals surface area contributed by atoms with Gasteiger partial charge in [0, 0.05) is 17.5 Å². The highest BCUT2D eigenvalue weighted by atomic mass is 16.7. The Bertz CT molecular complexity index is 736. The molecule has 2 aromatic rings. The number of fused-ring (bicyclic) bond motifs is 1. The number of ether oxygens (including phenoxy) is 4. The highest BCUT2D eigenvalue weighted by Crippen LogP contribution is 2.42. The van der Waals surface area contributed by atoms with Gasteiger partial charge in [0.2, 0.25) is 6.79 Å². The van der Waals surface area contributed by atoms with E-state index in [1.54, 1.807) is 13.2 Å². The van der Waals surface area contributed by atoms with Crippen molar-refractivity contribution in [1.29, 1.82) is 0 Å². The van der Waals surface area contributed by atoms with E-state index >= 15 is 0 Å². The Kier molecular flexibility index (Phi) is 4.60. The van der Waals surface area contributed by atoms with Crippen molar-refractivity contribution in [3.05, 3.63) is 47.5 Å². The molecule has 5 nitrogen and oxygen atoms in total. The van der Waals surface area contributed by atoms with Crippen molar-refractivity contribution in [1.82, 2.24) is 0 Å². The maximum atomic E-state index is 11.3. The van der Waals surface area contributed by atoms with Crippen molar-refractivity contribution in [2.45, 2.75) is 19.8 Å². The predicted molar refractivity (Wildman–Crippen MR) is 89.3 cm³/mol. The fourth-order valence-corrected chi connectivity index (χ4v) is 2.65. The molecular weight excluding hydrogens is 308 g/mol. The molecule has 0 spiro atoms. The van der Waals surface area contributed by atoms with Crippen LogP contribution in [0.2, 0.25) is 0 Å². The van der Waals surface area contributed by atoms with Crippen molar-refractivity contribution >= 4 is 5.78 Å². The first-order valence-electron chi connectivity index (χ1n) is 7.78. The van der Waals surface area contributed by atoms with Crippen LogP contribution in [0.1, 0.15) is 30.9 Å². The molecule has 0 saturated heterocycles. The van der Waals surface area contributed by atoms with Crippen LogP contribution in [-0.2, 0) is 4.79 Å². The van der Waals surface area contributed by atoms with Crippen molar-refractivity contribution < 1.29 is 23.7 Å². The van der Waals surface area contributed by atoms with Crippen LogP contribution < -0.4 is 18.9 Å². The molecule has 1 heterocycles. The van der Waals surface area contributed by atoms with Gasteiger partial charge in [-0.15, -0.1) is 0 Å². The molecule has 1 aliphatic heterocycles. The summed E-state index contributed by atoms with van der Waals surface area (Å²) in [5.74, 6) is 2.81. The Morgan fingerprint density at radius 1 is 1.17 bits per heavy atom. The SMILES string of the molecule is COc1ccc([C@H](C)c2cc3c(cc2OCC(C)=O)OCO3)cc1. The molecule has 126 valence electrons. The summed E-state index contributed by atoms with van der Waals surface area (Å²) >= 11 is 0. The molecule has 5 heteroatoms. The number of benzene rings is 2. The molecule has 0 unspecified atom stereocenters. The summed E-state index contributed by atoms with van der Waals surface area (Å²) in [7, 11) is 1.64. The van der Waals surface area contributed by atoms with Crippen molar-refractivity contribution in [3.8, 4) is 23.0 Å². The zero-order valence-electron chi connectivity index (χ0n) is 14.0. The van der Waals surface area contributed by atoms with Gasteiger partial charge in [0.15, 0.2) is 17.3 Å². The maximum absolute atomic E-state index is 11.3. The summed E-state index contributed by atoms with van der Waals surface area (Å²) in [6.07, 6.45) is 0. The smallest absolute Gasteiger partial charge is 0.231 e. The lowest BCUT2D eigenvalue weighted by Gasteiger charge is -2.18. The van der Waals surface area contributed by atoms with Gasteiger partial charge in [0.05, 0.1) is 7.11 Å². The number of ketones is 1. The first-order valence-corrected chi connectivity index (χ1v) is 7.78. The van der Waals surface area contributed by atoms with Crippen LogP contribution >= 0.6 is 0 Å². The fraction of sp³-hybridized carbons (Fsp3) is 0.316. The van der Waals surface area contributed by atoms with E-state index < -0.39 is 0 Å². The van der Waals surface area contributed by atoms with E-state index in [1.165, 1.54) is 6.92 Å². The van der Waals surface area contributed by atoms with Crippen molar-refractivity contribution in [2.75, 3.05) is 20.5 Å². The molecule has 0 fully saturated rings. The summed E-state index contributed by atoms with van der Waals surface area (Å²) in [6, 6.07) is 11.6. The van der Waals surface area contributed by atoms with E-state index in [9.17, 15) is 4.79 Å². The van der Waals surface area contributed by atoms with E-state index in [2.05, 4.69) is 6.92 Å². The highest BCUT2D eigenvalue weighted by Gasteiger charge is 2.22. The van der Waals surface area contributed by atoms with Crippen molar-refractivity contribution in [2.24, 2.45) is 0 Å². The van der Waals surface area contributed by atoms with E-state index in [1.807, 2.05) is 30.3 Å². The standard InChI is InChI=1S/C19H20O5/c1-12(20)10-22-17-9-19-18(23-11-24-19)8-16(17)13(2)14-4-6-15(21-3)7-5-14/h4-9,13H,10-11H2,1-3H3/t13-/m0/s1. The Balaban J connectivity index is 1.95. The van der Waals surface area contributed by atoms with Crippen LogP contribution in [0.25, 0.3) is 0 Å². The zero-order chi connectivity index (χ0) is 17.1. The van der Waals surface area contributed by atoms with Crippen LogP contribution in [-0.4, -0.2) is 26.3 Å². The van der Waals surface area contributed by atoms with E-state index in [0.717, 1.165) is 16.9 Å². The number of methoxy groups -OCH3 is 1. The second-order valence-electron chi connectivity index (χ2n) is 5.73. The van der Waals surface area contributed by atoms with Gasteiger partial charge in [-0.3, -0.25) is 4.79 Å². The zero-order valence-corrected chi connectivity index (χ0v) is 14.0. The molecule has 0 radical (unpaired) electrons. The Hall–Kier alpha value is -2.69. The second-order valence-corrected chi connectivity index (χ2v) is 5.73. The minimum atomic E-state index is -0.0317. The Morgan fingerprint density at radius 3 is 2.46 bits per heavy atom. The minimum Gasteiger partial charge on any atom is -0.497 e. The third-order valence-electron chi connectivity index (χ3n) is 4.02. The number of carbonyl (C=O) groups excluding carboxylic acids is 1. The number of hydrogen-bond donors (Lipinski definition) is 0. The van der Waals surface area contributed by atoms with Crippen LogP contribution in [0.3, 0.4) is 0 Å². The molecule has 0 aromatic heterocycles. The van der Waals surface area contributed by atoms with Gasteiger partial charge in [-0.25, -0.2) is 0 Å². The molecular formula is C19H20O5. The Morgan fingerprint density at radius 2 is 1.83 bits per heavy atom. The Labute approximate surface area is 141 Å². The normalized spacial score (nSPS) is 13.5. The predicted octanol–water partition coefficient (Wildman–Crippen LogP) is 3.54. The lowest BCUT2D eigenvalue weighted by molar-refractivity contribution is -0.118. The number of hydrogen-bond acceptors (Lipinski definition) is 5. The summed E-state index contributed by atoms with van der Waals surface area (Å²) in [6.45, 7) is 3.81. The molecule has 0 amide bonds. The average molecular weight is 328 g/mol. The van der Waals surface area contributed by atoms with E-state index in [-0.39, 0.29) is 25.1 Å². The van der Waals surface area contributed by atoms with Gasteiger partial charge in [0.25, 0.3) is 0 Å². The van der Waals surface area contributed by atoms with Crippen LogP contribution in [0.15, 0.2) is 36.4 Å². The lowest BCUT2D eigenvalue weighted by atomic mass is 9.92. The van der Waals surface area contributed by atoms with Gasteiger partial charge < -0.3 is 18.9 Å². The molecule has 1 aliphatic rings.